The average molecular weight is 352 g/mol. The highest BCUT2D eigenvalue weighted by atomic mass is 19.1. The van der Waals surface area contributed by atoms with Crippen LogP contribution in [0.4, 0.5) is 9.18 Å². The highest BCUT2D eigenvalue weighted by molar-refractivity contribution is 5.95. The van der Waals surface area contributed by atoms with E-state index in [1.165, 1.54) is 6.07 Å². The first-order valence-electron chi connectivity index (χ1n) is 7.93. The van der Waals surface area contributed by atoms with Crippen molar-refractivity contribution < 1.29 is 28.2 Å². The van der Waals surface area contributed by atoms with Gasteiger partial charge in [-0.15, -0.1) is 0 Å². The maximum Gasteiger partial charge on any atom is 0.514 e. The summed E-state index contributed by atoms with van der Waals surface area (Å²) in [4.78, 5) is 24.4. The number of carbonyl (C=O) groups excluding carboxylic acids is 2. The Morgan fingerprint density at radius 1 is 1.00 bits per heavy atom. The lowest BCUT2D eigenvalue weighted by Gasteiger charge is -2.22. The van der Waals surface area contributed by atoms with E-state index in [0.29, 0.717) is 5.56 Å². The topological polar surface area (TPSA) is 61.8 Å². The third-order valence-electron chi connectivity index (χ3n) is 2.66. The third kappa shape index (κ3) is 6.57. The molecular weight excluding hydrogens is 327 g/mol. The molecule has 0 spiro atoms. The molecule has 0 unspecified atom stereocenters. The van der Waals surface area contributed by atoms with Crippen LogP contribution in [0.1, 0.15) is 64.4 Å². The SMILES string of the molecule is C/C=C\c1ccc(F)c(C(=O)OC(C)(C)C)c1OC(=O)OC(C)(C)C. The van der Waals surface area contributed by atoms with Gasteiger partial charge in [-0.05, 0) is 60.6 Å². The van der Waals surface area contributed by atoms with E-state index in [2.05, 4.69) is 0 Å². The molecule has 0 aliphatic carbocycles. The second-order valence-electron chi connectivity index (χ2n) is 7.41. The summed E-state index contributed by atoms with van der Waals surface area (Å²) in [7, 11) is 0. The zero-order chi connectivity index (χ0) is 19.4. The molecule has 0 aliphatic rings. The molecule has 25 heavy (non-hydrogen) atoms. The van der Waals surface area contributed by atoms with Crippen LogP contribution in [0.2, 0.25) is 0 Å². The van der Waals surface area contributed by atoms with E-state index in [-0.39, 0.29) is 5.75 Å². The zero-order valence-corrected chi connectivity index (χ0v) is 15.7. The molecule has 5 nitrogen and oxygen atoms in total. The van der Waals surface area contributed by atoms with Crippen LogP contribution in [0.15, 0.2) is 18.2 Å². The molecule has 1 aromatic rings. The van der Waals surface area contributed by atoms with Gasteiger partial charge in [-0.3, -0.25) is 0 Å². The lowest BCUT2D eigenvalue weighted by atomic mass is 10.1. The number of allylic oxidation sites excluding steroid dienone is 1. The normalized spacial score (nSPS) is 12.2. The summed E-state index contributed by atoms with van der Waals surface area (Å²) in [6.07, 6.45) is 2.23. The van der Waals surface area contributed by atoms with Gasteiger partial charge in [0.1, 0.15) is 22.6 Å². The van der Waals surface area contributed by atoms with Crippen LogP contribution in [-0.4, -0.2) is 23.3 Å². The summed E-state index contributed by atoms with van der Waals surface area (Å²) < 4.78 is 29.8. The minimum Gasteiger partial charge on any atom is -0.456 e. The summed E-state index contributed by atoms with van der Waals surface area (Å²) in [5.74, 6) is -2.00. The first kappa shape index (κ1) is 20.7. The van der Waals surface area contributed by atoms with Crippen molar-refractivity contribution in [1.29, 1.82) is 0 Å². The van der Waals surface area contributed by atoms with E-state index in [1.54, 1.807) is 60.6 Å². The number of carbonyl (C=O) groups is 2. The fourth-order valence-electron chi connectivity index (χ4n) is 1.87. The van der Waals surface area contributed by atoms with Crippen molar-refractivity contribution in [1.82, 2.24) is 0 Å². The number of hydrogen-bond donors (Lipinski definition) is 0. The van der Waals surface area contributed by atoms with Gasteiger partial charge in [-0.2, -0.15) is 0 Å². The molecule has 1 aromatic carbocycles. The smallest absolute Gasteiger partial charge is 0.456 e. The van der Waals surface area contributed by atoms with Crippen LogP contribution < -0.4 is 4.74 Å². The quantitative estimate of drug-likeness (QED) is 0.557. The van der Waals surface area contributed by atoms with E-state index >= 15 is 0 Å². The van der Waals surface area contributed by atoms with Crippen LogP contribution in [0.25, 0.3) is 6.08 Å². The molecule has 6 heteroatoms. The van der Waals surface area contributed by atoms with Gasteiger partial charge in [0.25, 0.3) is 0 Å². The molecule has 0 atom stereocenters. The molecule has 138 valence electrons. The number of halogens is 1. The number of rotatable bonds is 3. The van der Waals surface area contributed by atoms with E-state index in [9.17, 15) is 14.0 Å². The summed E-state index contributed by atoms with van der Waals surface area (Å²) in [6, 6.07) is 2.53. The molecule has 0 saturated carbocycles. The Hall–Kier alpha value is -2.37. The Labute approximate surface area is 147 Å². The molecule has 0 heterocycles. The summed E-state index contributed by atoms with van der Waals surface area (Å²) in [5, 5.41) is 0. The Morgan fingerprint density at radius 2 is 1.56 bits per heavy atom. The van der Waals surface area contributed by atoms with Gasteiger partial charge in [0.05, 0.1) is 0 Å². The van der Waals surface area contributed by atoms with Gasteiger partial charge >= 0.3 is 12.1 Å². The number of benzene rings is 1. The van der Waals surface area contributed by atoms with E-state index in [1.807, 2.05) is 0 Å². The Morgan fingerprint density at radius 3 is 2.04 bits per heavy atom. The molecule has 0 aliphatic heterocycles. The fourth-order valence-corrected chi connectivity index (χ4v) is 1.87. The molecule has 0 radical (unpaired) electrons. The van der Waals surface area contributed by atoms with Crippen LogP contribution in [0.5, 0.6) is 5.75 Å². The second kappa shape index (κ2) is 7.68. The molecular formula is C19H25FO5. The van der Waals surface area contributed by atoms with Gasteiger partial charge in [0, 0.05) is 5.56 Å². The van der Waals surface area contributed by atoms with Crippen molar-refractivity contribution >= 4 is 18.2 Å². The number of ether oxygens (including phenoxy) is 3. The van der Waals surface area contributed by atoms with Crippen molar-refractivity contribution in [3.8, 4) is 5.75 Å². The Kier molecular flexibility index (Phi) is 6.35. The molecule has 0 bridgehead atoms. The predicted octanol–water partition coefficient (Wildman–Crippen LogP) is 5.13. The lowest BCUT2D eigenvalue weighted by molar-refractivity contribution is 0.00556. The van der Waals surface area contributed by atoms with Crippen LogP contribution in [0, 0.1) is 5.82 Å². The van der Waals surface area contributed by atoms with Crippen molar-refractivity contribution in [3.63, 3.8) is 0 Å². The molecule has 0 amide bonds. The first-order valence-corrected chi connectivity index (χ1v) is 7.93. The summed E-state index contributed by atoms with van der Waals surface area (Å²) in [6.45, 7) is 11.7. The van der Waals surface area contributed by atoms with Crippen molar-refractivity contribution in [2.75, 3.05) is 0 Å². The molecule has 1 rings (SSSR count). The maximum atomic E-state index is 14.3. The van der Waals surface area contributed by atoms with Crippen molar-refractivity contribution in [3.05, 3.63) is 35.2 Å². The zero-order valence-electron chi connectivity index (χ0n) is 15.7. The van der Waals surface area contributed by atoms with Gasteiger partial charge in [-0.25, -0.2) is 14.0 Å². The van der Waals surface area contributed by atoms with E-state index in [4.69, 9.17) is 14.2 Å². The largest absolute Gasteiger partial charge is 0.514 e. The van der Waals surface area contributed by atoms with Gasteiger partial charge < -0.3 is 14.2 Å². The Bertz CT molecular complexity index is 678. The molecule has 0 aromatic heterocycles. The fraction of sp³-hybridized carbons (Fsp3) is 0.474. The third-order valence-corrected chi connectivity index (χ3v) is 2.66. The van der Waals surface area contributed by atoms with Crippen LogP contribution in [-0.2, 0) is 9.47 Å². The molecule has 0 fully saturated rings. The highest BCUT2D eigenvalue weighted by Gasteiger charge is 2.29. The minimum absolute atomic E-state index is 0.235. The van der Waals surface area contributed by atoms with Gasteiger partial charge in [0.2, 0.25) is 0 Å². The average Bonchev–Trinajstić information content (AvgIpc) is 2.37. The summed E-state index contributed by atoms with van der Waals surface area (Å²) in [5.41, 5.74) is -1.72. The van der Waals surface area contributed by atoms with Crippen LogP contribution in [0.3, 0.4) is 0 Å². The standard InChI is InChI=1S/C19H25FO5/c1-8-9-12-10-11-13(20)14(16(21)24-18(2,3)4)15(12)23-17(22)25-19(5,6)7/h8-11H,1-7H3/b9-8-. The minimum atomic E-state index is -1.03. The van der Waals surface area contributed by atoms with Crippen LogP contribution >= 0.6 is 0 Å². The van der Waals surface area contributed by atoms with Crippen molar-refractivity contribution in [2.45, 2.75) is 59.7 Å². The second-order valence-corrected chi connectivity index (χ2v) is 7.41. The highest BCUT2D eigenvalue weighted by Crippen LogP contribution is 2.31. The molecule has 0 saturated heterocycles. The van der Waals surface area contributed by atoms with Gasteiger partial charge in [-0.1, -0.05) is 12.2 Å². The number of esters is 1. The first-order chi connectivity index (χ1) is 11.3. The lowest BCUT2D eigenvalue weighted by Crippen LogP contribution is -2.28. The molecule has 0 N–H and O–H groups in total. The van der Waals surface area contributed by atoms with E-state index in [0.717, 1.165) is 6.07 Å². The number of hydrogen-bond acceptors (Lipinski definition) is 5. The Balaban J connectivity index is 3.37. The van der Waals surface area contributed by atoms with Gasteiger partial charge in [0.15, 0.2) is 5.75 Å². The predicted molar refractivity (Wildman–Crippen MR) is 93.1 cm³/mol. The maximum absolute atomic E-state index is 14.3. The monoisotopic (exact) mass is 352 g/mol. The summed E-state index contributed by atoms with van der Waals surface area (Å²) >= 11 is 0. The van der Waals surface area contributed by atoms with E-state index < -0.39 is 34.7 Å². The van der Waals surface area contributed by atoms with Crippen molar-refractivity contribution in [2.24, 2.45) is 0 Å².